The zero-order chi connectivity index (χ0) is 8.97. The van der Waals surface area contributed by atoms with Gasteiger partial charge in [0.25, 0.3) is 0 Å². The molecule has 12 heavy (non-hydrogen) atoms. The Balaban J connectivity index is 2.07. The molecule has 1 aliphatic rings. The molecule has 0 aromatic heterocycles. The molecule has 5 heteroatoms. The van der Waals surface area contributed by atoms with E-state index in [0.29, 0.717) is 5.92 Å². The minimum absolute atomic E-state index is 0.0756. The van der Waals surface area contributed by atoms with Gasteiger partial charge < -0.3 is 8.92 Å². The molecule has 0 unspecified atom stereocenters. The van der Waals surface area contributed by atoms with Gasteiger partial charge in [-0.2, -0.15) is 0 Å². The van der Waals surface area contributed by atoms with Crippen LogP contribution in [0.25, 0.3) is 0 Å². The van der Waals surface area contributed by atoms with E-state index in [0.717, 1.165) is 19.4 Å². The van der Waals surface area contributed by atoms with Gasteiger partial charge in [-0.05, 0) is 18.8 Å². The summed E-state index contributed by atoms with van der Waals surface area (Å²) in [5.74, 6) is 0.604. The largest absolute Gasteiger partial charge is 0.469 e. The highest BCUT2D eigenvalue weighted by Gasteiger charge is 2.35. The summed E-state index contributed by atoms with van der Waals surface area (Å²) in [6.45, 7) is 0.751. The van der Waals surface area contributed by atoms with Gasteiger partial charge in [0.2, 0.25) is 0 Å². The molecule has 0 aromatic rings. The van der Waals surface area contributed by atoms with Crippen molar-refractivity contribution in [1.29, 1.82) is 0 Å². The van der Waals surface area contributed by atoms with Crippen LogP contribution in [0, 0.1) is 11.8 Å². The van der Waals surface area contributed by atoms with Crippen LogP contribution in [0.2, 0.25) is 0 Å². The molecule has 0 spiro atoms. The third-order valence-electron chi connectivity index (χ3n) is 2.12. The van der Waals surface area contributed by atoms with Gasteiger partial charge in [-0.15, -0.1) is 0 Å². The van der Waals surface area contributed by atoms with E-state index in [-0.39, 0.29) is 11.9 Å². The summed E-state index contributed by atoms with van der Waals surface area (Å²) in [5, 5.41) is 0. The Hall–Kier alpha value is 0.510. The predicted molar refractivity (Wildman–Crippen MR) is 55.8 cm³/mol. The summed E-state index contributed by atoms with van der Waals surface area (Å²) in [6, 6.07) is 0. The summed E-state index contributed by atoms with van der Waals surface area (Å²) in [7, 11) is 2.79. The minimum Gasteiger partial charge on any atom is -0.469 e. The molecule has 0 aromatic carbocycles. The second-order valence-corrected chi connectivity index (χ2v) is 4.35. The highest BCUT2D eigenvalue weighted by Crippen LogP contribution is 2.35. The molecular formula is C7H11IO3S. The van der Waals surface area contributed by atoms with Crippen molar-refractivity contribution in [3.05, 3.63) is 0 Å². The molecule has 0 N–H and O–H groups in total. The molecule has 0 bridgehead atoms. The number of methoxy groups -OCH3 is 1. The van der Waals surface area contributed by atoms with Gasteiger partial charge in [0.1, 0.15) is 0 Å². The fourth-order valence-electron chi connectivity index (χ4n) is 1.35. The number of hydrogen-bond donors (Lipinski definition) is 0. The molecule has 0 heterocycles. The Bertz CT molecular complexity index is 159. The average molecular weight is 302 g/mol. The van der Waals surface area contributed by atoms with Gasteiger partial charge in [-0.3, -0.25) is 4.79 Å². The van der Waals surface area contributed by atoms with Gasteiger partial charge in [0.15, 0.2) is 0 Å². The second-order valence-electron chi connectivity index (χ2n) is 2.91. The van der Waals surface area contributed by atoms with Crippen LogP contribution < -0.4 is 0 Å². The lowest BCUT2D eigenvalue weighted by Gasteiger charge is -2.32. The lowest BCUT2D eigenvalue weighted by Crippen LogP contribution is -2.33. The summed E-state index contributed by atoms with van der Waals surface area (Å²) in [4.78, 5) is 10.9. The molecule has 0 amide bonds. The SMILES string of the molecule is COC(=O)C1CC(COSI)C1. The van der Waals surface area contributed by atoms with E-state index in [1.165, 1.54) is 16.3 Å². The van der Waals surface area contributed by atoms with Crippen molar-refractivity contribution in [2.45, 2.75) is 12.8 Å². The van der Waals surface area contributed by atoms with E-state index in [2.05, 4.69) is 25.9 Å². The maximum absolute atomic E-state index is 10.9. The summed E-state index contributed by atoms with van der Waals surface area (Å²) in [6.07, 6.45) is 1.84. The number of hydrogen-bond acceptors (Lipinski definition) is 4. The summed E-state index contributed by atoms with van der Waals surface area (Å²) >= 11 is 2.09. The molecular weight excluding hydrogens is 291 g/mol. The zero-order valence-electron chi connectivity index (χ0n) is 6.79. The lowest BCUT2D eigenvalue weighted by atomic mass is 9.75. The zero-order valence-corrected chi connectivity index (χ0v) is 9.76. The number of carbonyl (C=O) groups is 1. The molecule has 1 aliphatic carbocycles. The molecule has 0 radical (unpaired) electrons. The van der Waals surface area contributed by atoms with Crippen molar-refractivity contribution < 1.29 is 13.7 Å². The molecule has 0 atom stereocenters. The maximum Gasteiger partial charge on any atom is 0.308 e. The number of carbonyl (C=O) groups excluding carboxylic acids is 1. The quantitative estimate of drug-likeness (QED) is 0.453. The van der Waals surface area contributed by atoms with Crippen molar-refractivity contribution in [3.8, 4) is 0 Å². The van der Waals surface area contributed by atoms with Crippen molar-refractivity contribution in [1.82, 2.24) is 0 Å². The van der Waals surface area contributed by atoms with Crippen LogP contribution in [0.5, 0.6) is 0 Å². The van der Waals surface area contributed by atoms with Gasteiger partial charge in [-0.1, -0.05) is 0 Å². The molecule has 0 aliphatic heterocycles. The summed E-state index contributed by atoms with van der Waals surface area (Å²) in [5.41, 5.74) is 0. The van der Waals surface area contributed by atoms with Crippen LogP contribution in [0.1, 0.15) is 12.8 Å². The fourth-order valence-corrected chi connectivity index (χ4v) is 2.04. The third kappa shape index (κ3) is 2.77. The molecule has 1 fully saturated rings. The Labute approximate surface area is 88.4 Å². The van der Waals surface area contributed by atoms with Crippen LogP contribution in [0.15, 0.2) is 0 Å². The fraction of sp³-hybridized carbons (Fsp3) is 0.857. The number of rotatable bonds is 4. The minimum atomic E-state index is -0.0756. The number of ether oxygens (including phenoxy) is 1. The smallest absolute Gasteiger partial charge is 0.308 e. The van der Waals surface area contributed by atoms with Gasteiger partial charge in [-0.25, -0.2) is 0 Å². The van der Waals surface area contributed by atoms with Crippen LogP contribution in [-0.2, 0) is 13.7 Å². The van der Waals surface area contributed by atoms with Crippen LogP contribution >= 0.6 is 30.4 Å². The monoisotopic (exact) mass is 302 g/mol. The number of halogens is 1. The van der Waals surface area contributed by atoms with Crippen molar-refractivity contribution in [2.75, 3.05) is 13.7 Å². The Morgan fingerprint density at radius 2 is 2.33 bits per heavy atom. The topological polar surface area (TPSA) is 35.5 Å². The number of esters is 1. The molecule has 0 saturated heterocycles. The van der Waals surface area contributed by atoms with Gasteiger partial charge in [0.05, 0.1) is 28.8 Å². The van der Waals surface area contributed by atoms with E-state index in [1.807, 2.05) is 0 Å². The molecule has 3 nitrogen and oxygen atoms in total. The first-order chi connectivity index (χ1) is 5.77. The standard InChI is InChI=1S/C7H11IO3S/c1-10-7(9)6-2-5(3-6)4-11-12-8/h5-6H,2-4H2,1H3. The maximum atomic E-state index is 10.9. The van der Waals surface area contributed by atoms with Crippen LogP contribution in [0.3, 0.4) is 0 Å². The van der Waals surface area contributed by atoms with E-state index >= 15 is 0 Å². The highest BCUT2D eigenvalue weighted by atomic mass is 127. The van der Waals surface area contributed by atoms with E-state index in [4.69, 9.17) is 4.18 Å². The summed E-state index contributed by atoms with van der Waals surface area (Å²) < 4.78 is 9.77. The lowest BCUT2D eigenvalue weighted by molar-refractivity contribution is -0.150. The van der Waals surface area contributed by atoms with E-state index in [1.54, 1.807) is 0 Å². The van der Waals surface area contributed by atoms with Gasteiger partial charge in [0, 0.05) is 21.2 Å². The normalized spacial score (nSPS) is 27.8. The first kappa shape index (κ1) is 10.6. The van der Waals surface area contributed by atoms with E-state index < -0.39 is 0 Å². The molecule has 1 rings (SSSR count). The van der Waals surface area contributed by atoms with Crippen molar-refractivity contribution >= 4 is 36.4 Å². The van der Waals surface area contributed by atoms with Crippen molar-refractivity contribution in [3.63, 3.8) is 0 Å². The second kappa shape index (κ2) is 5.29. The Morgan fingerprint density at radius 3 is 2.83 bits per heavy atom. The highest BCUT2D eigenvalue weighted by molar-refractivity contribution is 14.2. The Morgan fingerprint density at radius 1 is 1.67 bits per heavy atom. The first-order valence-electron chi connectivity index (χ1n) is 3.76. The molecule has 1 saturated carbocycles. The van der Waals surface area contributed by atoms with Gasteiger partial charge >= 0.3 is 5.97 Å². The van der Waals surface area contributed by atoms with Crippen molar-refractivity contribution in [2.24, 2.45) is 11.8 Å². The van der Waals surface area contributed by atoms with Crippen LogP contribution in [0.4, 0.5) is 0 Å². The predicted octanol–water partition coefficient (Wildman–Crippen LogP) is 2.20. The third-order valence-corrected chi connectivity index (χ3v) is 3.11. The first-order valence-corrected chi connectivity index (χ1v) is 7.04. The molecule has 70 valence electrons. The average Bonchev–Trinajstić information content (AvgIpc) is 2.01. The van der Waals surface area contributed by atoms with Crippen LogP contribution in [-0.4, -0.2) is 19.7 Å². The Kier molecular flexibility index (Phi) is 4.66. The van der Waals surface area contributed by atoms with E-state index in [9.17, 15) is 4.79 Å².